The fourth-order valence-electron chi connectivity index (χ4n) is 2.00. The number of rotatable bonds is 4. The van der Waals surface area contributed by atoms with Crippen LogP contribution in [0.25, 0.3) is 0 Å². The average Bonchev–Trinajstić information content (AvgIpc) is 2.87. The van der Waals surface area contributed by atoms with Gasteiger partial charge < -0.3 is 5.32 Å². The topological polar surface area (TPSA) is 50.7 Å². The summed E-state index contributed by atoms with van der Waals surface area (Å²) < 4.78 is 0. The van der Waals surface area contributed by atoms with Crippen LogP contribution in [0.2, 0.25) is 0 Å². The van der Waals surface area contributed by atoms with Crippen LogP contribution in [0.5, 0.6) is 0 Å². The van der Waals surface area contributed by atoms with Crippen molar-refractivity contribution in [2.24, 2.45) is 0 Å². The summed E-state index contributed by atoms with van der Waals surface area (Å²) in [4.78, 5) is 13.6. The zero-order valence-corrected chi connectivity index (χ0v) is 14.5. The maximum absolute atomic E-state index is 4.76. The van der Waals surface area contributed by atoms with Crippen molar-refractivity contribution in [3.63, 3.8) is 0 Å². The Hall–Kier alpha value is -1.49. The van der Waals surface area contributed by atoms with Crippen molar-refractivity contribution >= 4 is 17.2 Å². The predicted molar refractivity (Wildman–Crippen MR) is 89.0 cm³/mol. The summed E-state index contributed by atoms with van der Waals surface area (Å²) in [7, 11) is 0. The second kappa shape index (κ2) is 6.10. The molecule has 2 rings (SSSR count). The van der Waals surface area contributed by atoms with Gasteiger partial charge in [-0.2, -0.15) is 0 Å². The second-order valence-corrected chi connectivity index (χ2v) is 7.22. The highest BCUT2D eigenvalue weighted by Gasteiger charge is 2.19. The molecule has 0 radical (unpaired) electrons. The van der Waals surface area contributed by atoms with Crippen LogP contribution < -0.4 is 5.32 Å². The maximum atomic E-state index is 4.76. The van der Waals surface area contributed by atoms with Crippen molar-refractivity contribution in [1.82, 2.24) is 15.0 Å². The Kier molecular flexibility index (Phi) is 4.61. The molecule has 114 valence electrons. The molecule has 5 heteroatoms. The van der Waals surface area contributed by atoms with Gasteiger partial charge in [0.05, 0.1) is 11.7 Å². The van der Waals surface area contributed by atoms with Crippen LogP contribution in [0.3, 0.4) is 0 Å². The molecule has 4 nitrogen and oxygen atoms in total. The van der Waals surface area contributed by atoms with E-state index < -0.39 is 0 Å². The average molecular weight is 304 g/mol. The quantitative estimate of drug-likeness (QED) is 0.916. The van der Waals surface area contributed by atoms with Crippen molar-refractivity contribution in [2.45, 2.75) is 59.4 Å². The third-order valence-electron chi connectivity index (χ3n) is 3.28. The fraction of sp³-hybridized carbons (Fsp3) is 0.562. The van der Waals surface area contributed by atoms with Crippen molar-refractivity contribution in [3.8, 4) is 0 Å². The molecule has 1 atom stereocenters. The van der Waals surface area contributed by atoms with E-state index in [2.05, 4.69) is 55.3 Å². The van der Waals surface area contributed by atoms with Crippen molar-refractivity contribution in [1.29, 1.82) is 0 Å². The maximum Gasteiger partial charge on any atom is 0.130 e. The molecule has 1 N–H and O–H groups in total. The summed E-state index contributed by atoms with van der Waals surface area (Å²) in [5.41, 5.74) is 2.30. The number of hydrogen-bond donors (Lipinski definition) is 1. The summed E-state index contributed by atoms with van der Waals surface area (Å²) >= 11 is 1.70. The van der Waals surface area contributed by atoms with Crippen molar-refractivity contribution in [3.05, 3.63) is 33.7 Å². The molecule has 0 fully saturated rings. The highest BCUT2D eigenvalue weighted by molar-refractivity contribution is 7.09. The van der Waals surface area contributed by atoms with Gasteiger partial charge in [0.15, 0.2) is 0 Å². The molecule has 0 aromatic carbocycles. The predicted octanol–water partition coefficient (Wildman–Crippen LogP) is 4.27. The minimum absolute atomic E-state index is 0.0926. The lowest BCUT2D eigenvalue weighted by molar-refractivity contribution is 0.569. The van der Waals surface area contributed by atoms with Crippen molar-refractivity contribution in [2.75, 3.05) is 5.32 Å². The van der Waals surface area contributed by atoms with Crippen LogP contribution in [0.4, 0.5) is 5.82 Å². The first-order valence-electron chi connectivity index (χ1n) is 7.36. The SMILES string of the molecule is CCc1cc(NC(C)c2nc(C(C)(C)C)cs2)nc(C)n1. The smallest absolute Gasteiger partial charge is 0.130 e. The molecule has 0 saturated carbocycles. The third-order valence-corrected chi connectivity index (χ3v) is 4.31. The van der Waals surface area contributed by atoms with Gasteiger partial charge in [0.25, 0.3) is 0 Å². The standard InChI is InChI=1S/C16H24N4S/c1-7-12-8-14(19-11(3)18-12)17-10(2)15-20-13(9-21-15)16(4,5)6/h8-10H,7H2,1-6H3,(H,17,18,19). The highest BCUT2D eigenvalue weighted by Crippen LogP contribution is 2.28. The zero-order valence-electron chi connectivity index (χ0n) is 13.7. The molecule has 0 spiro atoms. The van der Waals surface area contributed by atoms with E-state index in [1.165, 1.54) is 0 Å². The minimum Gasteiger partial charge on any atom is -0.361 e. The number of thiazole rings is 1. The van der Waals surface area contributed by atoms with E-state index in [0.29, 0.717) is 0 Å². The Bertz CT molecular complexity index is 613. The first-order valence-corrected chi connectivity index (χ1v) is 8.24. The lowest BCUT2D eigenvalue weighted by atomic mass is 9.93. The van der Waals surface area contributed by atoms with Crippen molar-refractivity contribution < 1.29 is 0 Å². The summed E-state index contributed by atoms with van der Waals surface area (Å²) in [6.45, 7) is 12.7. The molecular formula is C16H24N4S. The molecule has 21 heavy (non-hydrogen) atoms. The largest absolute Gasteiger partial charge is 0.361 e. The van der Waals surface area contributed by atoms with Gasteiger partial charge in [-0.15, -0.1) is 11.3 Å². The summed E-state index contributed by atoms with van der Waals surface area (Å²) in [5, 5.41) is 6.68. The Morgan fingerprint density at radius 3 is 2.52 bits per heavy atom. The first-order chi connectivity index (χ1) is 9.79. The van der Waals surface area contributed by atoms with Gasteiger partial charge >= 0.3 is 0 Å². The normalized spacial score (nSPS) is 13.2. The number of aromatic nitrogens is 3. The lowest BCUT2D eigenvalue weighted by Gasteiger charge is -2.16. The van der Waals surface area contributed by atoms with Gasteiger partial charge in [0.2, 0.25) is 0 Å². The molecule has 0 aliphatic carbocycles. The second-order valence-electron chi connectivity index (χ2n) is 6.33. The summed E-state index contributed by atoms with van der Waals surface area (Å²) in [6.07, 6.45) is 0.915. The van der Waals surface area contributed by atoms with Gasteiger partial charge in [-0.05, 0) is 20.3 Å². The third kappa shape index (κ3) is 4.00. The lowest BCUT2D eigenvalue weighted by Crippen LogP contribution is -2.13. The van der Waals surface area contributed by atoms with E-state index >= 15 is 0 Å². The van der Waals surface area contributed by atoms with E-state index in [4.69, 9.17) is 4.98 Å². The highest BCUT2D eigenvalue weighted by atomic mass is 32.1. The van der Waals surface area contributed by atoms with Gasteiger partial charge in [-0.25, -0.2) is 15.0 Å². The number of hydrogen-bond acceptors (Lipinski definition) is 5. The van der Waals surface area contributed by atoms with E-state index in [1.54, 1.807) is 11.3 Å². The van der Waals surface area contributed by atoms with Crippen LogP contribution in [-0.2, 0) is 11.8 Å². The Morgan fingerprint density at radius 2 is 1.95 bits per heavy atom. The Morgan fingerprint density at radius 1 is 1.24 bits per heavy atom. The molecule has 0 bridgehead atoms. The van der Waals surface area contributed by atoms with Gasteiger partial charge in [0, 0.05) is 22.6 Å². The molecule has 1 unspecified atom stereocenters. The number of nitrogens with zero attached hydrogens (tertiary/aromatic N) is 3. The minimum atomic E-state index is 0.0926. The van der Waals surface area contributed by atoms with Crippen LogP contribution >= 0.6 is 11.3 Å². The van der Waals surface area contributed by atoms with Crippen LogP contribution in [0.1, 0.15) is 62.9 Å². The summed E-state index contributed by atoms with van der Waals surface area (Å²) in [5.74, 6) is 1.68. The van der Waals surface area contributed by atoms with Gasteiger partial charge in [0.1, 0.15) is 16.6 Å². The van der Waals surface area contributed by atoms with Gasteiger partial charge in [-0.3, -0.25) is 0 Å². The van der Waals surface area contributed by atoms with Crippen LogP contribution in [0, 0.1) is 6.92 Å². The fourth-order valence-corrected chi connectivity index (χ4v) is 3.05. The molecular weight excluding hydrogens is 280 g/mol. The van der Waals surface area contributed by atoms with E-state index in [0.717, 1.165) is 34.5 Å². The number of aryl methyl sites for hydroxylation is 2. The molecule has 2 aromatic rings. The molecule has 2 aromatic heterocycles. The van der Waals surface area contributed by atoms with Gasteiger partial charge in [-0.1, -0.05) is 27.7 Å². The molecule has 2 heterocycles. The Balaban J connectivity index is 2.16. The Labute approximate surface area is 131 Å². The van der Waals surface area contributed by atoms with E-state index in [1.807, 2.05) is 13.0 Å². The number of anilines is 1. The monoisotopic (exact) mass is 304 g/mol. The number of nitrogens with one attached hydrogen (secondary N) is 1. The van der Waals surface area contributed by atoms with E-state index in [9.17, 15) is 0 Å². The van der Waals surface area contributed by atoms with Crippen LogP contribution in [0.15, 0.2) is 11.4 Å². The first kappa shape index (κ1) is 15.9. The summed E-state index contributed by atoms with van der Waals surface area (Å²) in [6, 6.07) is 2.16. The molecule has 0 saturated heterocycles. The van der Waals surface area contributed by atoms with Crippen LogP contribution in [-0.4, -0.2) is 15.0 Å². The van der Waals surface area contributed by atoms with E-state index in [-0.39, 0.29) is 11.5 Å². The molecule has 0 aliphatic heterocycles. The molecule has 0 aliphatic rings. The zero-order chi connectivity index (χ0) is 15.6. The molecule has 0 amide bonds.